The van der Waals surface area contributed by atoms with Crippen LogP contribution >= 0.6 is 0 Å². The van der Waals surface area contributed by atoms with E-state index in [0.717, 1.165) is 12.0 Å². The van der Waals surface area contributed by atoms with Crippen molar-refractivity contribution in [1.82, 2.24) is 0 Å². The second-order valence-corrected chi connectivity index (χ2v) is 5.40. The van der Waals surface area contributed by atoms with Gasteiger partial charge in [0.1, 0.15) is 5.41 Å². The lowest BCUT2D eigenvalue weighted by Gasteiger charge is -2.41. The molecule has 2 aromatic rings. The standard InChI is InChI=1S/C19H16O2/c1-14-12-13-19(14,17(20)15-8-4-2-5-9-15)18(21)16-10-6-3-7-11-16/h2-11H,1,12-13H2. The lowest BCUT2D eigenvalue weighted by molar-refractivity contribution is 0.0637. The Morgan fingerprint density at radius 2 is 1.24 bits per heavy atom. The average Bonchev–Trinajstić information content (AvgIpc) is 2.55. The highest BCUT2D eigenvalue weighted by molar-refractivity contribution is 6.22. The second kappa shape index (κ2) is 5.13. The van der Waals surface area contributed by atoms with E-state index in [9.17, 15) is 9.59 Å². The summed E-state index contributed by atoms with van der Waals surface area (Å²) in [5, 5.41) is 0. The molecule has 0 aliphatic heterocycles. The van der Waals surface area contributed by atoms with Crippen molar-refractivity contribution in [1.29, 1.82) is 0 Å². The van der Waals surface area contributed by atoms with Gasteiger partial charge >= 0.3 is 0 Å². The zero-order valence-corrected chi connectivity index (χ0v) is 11.7. The molecule has 3 rings (SSSR count). The van der Waals surface area contributed by atoms with Gasteiger partial charge in [0, 0.05) is 11.1 Å². The SMILES string of the molecule is C=C1CCC1(C(=O)c1ccccc1)C(=O)c1ccccc1. The minimum atomic E-state index is -1.07. The molecule has 0 saturated heterocycles. The van der Waals surface area contributed by atoms with Gasteiger partial charge < -0.3 is 0 Å². The molecular weight excluding hydrogens is 260 g/mol. The predicted octanol–water partition coefficient (Wildman–Crippen LogP) is 4.09. The summed E-state index contributed by atoms with van der Waals surface area (Å²) in [6.07, 6.45) is 1.28. The maximum atomic E-state index is 12.9. The fourth-order valence-corrected chi connectivity index (χ4v) is 2.87. The van der Waals surface area contributed by atoms with Gasteiger partial charge in [0.2, 0.25) is 0 Å². The van der Waals surface area contributed by atoms with E-state index in [4.69, 9.17) is 0 Å². The Bertz CT molecular complexity index is 647. The first-order valence-corrected chi connectivity index (χ1v) is 7.04. The lowest BCUT2D eigenvalue weighted by Crippen LogP contribution is -2.47. The third-order valence-electron chi connectivity index (χ3n) is 4.25. The lowest BCUT2D eigenvalue weighted by atomic mass is 9.58. The molecule has 104 valence electrons. The fourth-order valence-electron chi connectivity index (χ4n) is 2.87. The summed E-state index contributed by atoms with van der Waals surface area (Å²) in [5.74, 6) is -0.263. The zero-order chi connectivity index (χ0) is 14.9. The van der Waals surface area contributed by atoms with Crippen LogP contribution in [0.2, 0.25) is 0 Å². The Morgan fingerprint density at radius 3 is 1.52 bits per heavy atom. The predicted molar refractivity (Wildman–Crippen MR) is 82.4 cm³/mol. The van der Waals surface area contributed by atoms with E-state index < -0.39 is 5.41 Å². The summed E-state index contributed by atoms with van der Waals surface area (Å²) in [4.78, 5) is 25.8. The summed E-state index contributed by atoms with van der Waals surface area (Å²) in [5.41, 5.74) is 0.804. The Morgan fingerprint density at radius 1 is 0.810 bits per heavy atom. The molecule has 1 fully saturated rings. The molecule has 0 spiro atoms. The molecule has 0 heterocycles. The van der Waals surface area contributed by atoms with Crippen LogP contribution < -0.4 is 0 Å². The Hall–Kier alpha value is -2.48. The van der Waals surface area contributed by atoms with Crippen LogP contribution in [-0.4, -0.2) is 11.6 Å². The fraction of sp³-hybridized carbons (Fsp3) is 0.158. The molecule has 2 nitrogen and oxygen atoms in total. The average molecular weight is 276 g/mol. The summed E-state index contributed by atoms with van der Waals surface area (Å²) in [6, 6.07) is 18.0. The molecular formula is C19H16O2. The Kier molecular flexibility index (Phi) is 3.30. The summed E-state index contributed by atoms with van der Waals surface area (Å²) < 4.78 is 0. The molecule has 0 N–H and O–H groups in total. The number of Topliss-reactive ketones (excluding diaryl/α,β-unsaturated/α-hetero) is 2. The van der Waals surface area contributed by atoms with Crippen LogP contribution in [0.4, 0.5) is 0 Å². The second-order valence-electron chi connectivity index (χ2n) is 5.40. The molecule has 2 heteroatoms. The summed E-state index contributed by atoms with van der Waals surface area (Å²) in [6.45, 7) is 3.97. The number of ketones is 2. The molecule has 0 bridgehead atoms. The van der Waals surface area contributed by atoms with Gasteiger partial charge in [-0.1, -0.05) is 72.8 Å². The van der Waals surface area contributed by atoms with Gasteiger partial charge in [-0.25, -0.2) is 0 Å². The van der Waals surface area contributed by atoms with Crippen LogP contribution in [0, 0.1) is 5.41 Å². The number of hydrogen-bond acceptors (Lipinski definition) is 2. The van der Waals surface area contributed by atoms with E-state index in [1.165, 1.54) is 0 Å². The molecule has 0 atom stereocenters. The van der Waals surface area contributed by atoms with Gasteiger partial charge in [-0.05, 0) is 12.8 Å². The molecule has 0 radical (unpaired) electrons. The van der Waals surface area contributed by atoms with Gasteiger partial charge in [0.15, 0.2) is 11.6 Å². The smallest absolute Gasteiger partial charge is 0.180 e. The van der Waals surface area contributed by atoms with E-state index in [1.54, 1.807) is 24.3 Å². The largest absolute Gasteiger partial charge is 0.293 e. The summed E-state index contributed by atoms with van der Waals surface area (Å²) in [7, 11) is 0. The topological polar surface area (TPSA) is 34.1 Å². The van der Waals surface area contributed by atoms with E-state index in [0.29, 0.717) is 17.5 Å². The van der Waals surface area contributed by atoms with E-state index in [2.05, 4.69) is 6.58 Å². The highest BCUT2D eigenvalue weighted by Crippen LogP contribution is 2.49. The molecule has 21 heavy (non-hydrogen) atoms. The number of carbonyl (C=O) groups excluding carboxylic acids is 2. The molecule has 0 unspecified atom stereocenters. The molecule has 1 saturated carbocycles. The van der Waals surface area contributed by atoms with Crippen LogP contribution in [0.5, 0.6) is 0 Å². The van der Waals surface area contributed by atoms with Gasteiger partial charge in [-0.15, -0.1) is 0 Å². The van der Waals surface area contributed by atoms with E-state index in [1.807, 2.05) is 36.4 Å². The molecule has 1 aliphatic carbocycles. The minimum absolute atomic E-state index is 0.131. The first-order valence-electron chi connectivity index (χ1n) is 7.04. The maximum Gasteiger partial charge on any atom is 0.180 e. The molecule has 2 aromatic carbocycles. The van der Waals surface area contributed by atoms with Crippen molar-refractivity contribution < 1.29 is 9.59 Å². The van der Waals surface area contributed by atoms with Crippen molar-refractivity contribution in [3.63, 3.8) is 0 Å². The number of allylic oxidation sites excluding steroid dienone is 1. The van der Waals surface area contributed by atoms with Crippen molar-refractivity contribution in [3.8, 4) is 0 Å². The molecule has 1 aliphatic rings. The number of benzene rings is 2. The normalized spacial score (nSPS) is 16.1. The number of hydrogen-bond donors (Lipinski definition) is 0. The summed E-state index contributed by atoms with van der Waals surface area (Å²) >= 11 is 0. The Labute approximate surface area is 124 Å². The monoisotopic (exact) mass is 276 g/mol. The van der Waals surface area contributed by atoms with Crippen molar-refractivity contribution in [2.24, 2.45) is 5.41 Å². The third kappa shape index (κ3) is 2.04. The van der Waals surface area contributed by atoms with Crippen molar-refractivity contribution >= 4 is 11.6 Å². The van der Waals surface area contributed by atoms with Crippen LogP contribution in [0.15, 0.2) is 72.8 Å². The Balaban J connectivity index is 2.04. The minimum Gasteiger partial charge on any atom is -0.293 e. The van der Waals surface area contributed by atoms with Crippen molar-refractivity contribution in [2.45, 2.75) is 12.8 Å². The molecule has 0 aromatic heterocycles. The van der Waals surface area contributed by atoms with Gasteiger partial charge in [-0.2, -0.15) is 0 Å². The highest BCUT2D eigenvalue weighted by Gasteiger charge is 2.53. The van der Waals surface area contributed by atoms with E-state index in [-0.39, 0.29) is 11.6 Å². The first kappa shape index (κ1) is 13.5. The van der Waals surface area contributed by atoms with Gasteiger partial charge in [0.25, 0.3) is 0 Å². The number of carbonyl (C=O) groups is 2. The maximum absolute atomic E-state index is 12.9. The molecule has 0 amide bonds. The van der Waals surface area contributed by atoms with Crippen LogP contribution in [0.1, 0.15) is 33.6 Å². The number of rotatable bonds is 4. The van der Waals surface area contributed by atoms with Crippen LogP contribution in [-0.2, 0) is 0 Å². The van der Waals surface area contributed by atoms with Crippen LogP contribution in [0.3, 0.4) is 0 Å². The highest BCUT2D eigenvalue weighted by atomic mass is 16.2. The third-order valence-corrected chi connectivity index (χ3v) is 4.25. The van der Waals surface area contributed by atoms with E-state index >= 15 is 0 Å². The first-order chi connectivity index (χ1) is 10.2. The quantitative estimate of drug-likeness (QED) is 0.479. The van der Waals surface area contributed by atoms with Crippen LogP contribution in [0.25, 0.3) is 0 Å². The van der Waals surface area contributed by atoms with Gasteiger partial charge in [0.05, 0.1) is 0 Å². The van der Waals surface area contributed by atoms with Gasteiger partial charge in [-0.3, -0.25) is 9.59 Å². The zero-order valence-electron chi connectivity index (χ0n) is 11.7. The van der Waals surface area contributed by atoms with Crippen molar-refractivity contribution in [2.75, 3.05) is 0 Å². The van der Waals surface area contributed by atoms with Crippen molar-refractivity contribution in [3.05, 3.63) is 83.9 Å².